The van der Waals surface area contributed by atoms with E-state index < -0.39 is 11.9 Å². The second-order valence-corrected chi connectivity index (χ2v) is 9.55. The Hall–Kier alpha value is -3.18. The Bertz CT molecular complexity index is 1150. The summed E-state index contributed by atoms with van der Waals surface area (Å²) in [4.78, 5) is 28.8. The number of hydrogen-bond donors (Lipinski definition) is 1. The quantitative estimate of drug-likeness (QED) is 0.415. The summed E-state index contributed by atoms with van der Waals surface area (Å²) in [6, 6.07) is 22.5. The average molecular weight is 493 g/mol. The molecule has 0 saturated heterocycles. The van der Waals surface area contributed by atoms with Gasteiger partial charge in [0.1, 0.15) is 11.9 Å². The number of benzene rings is 3. The molecular formula is C29H30ClFN2O2. The maximum Gasteiger partial charge on any atom is 0.243 e. The highest BCUT2D eigenvalue weighted by atomic mass is 35.5. The van der Waals surface area contributed by atoms with Crippen molar-refractivity contribution in [2.45, 2.75) is 57.2 Å². The van der Waals surface area contributed by atoms with Gasteiger partial charge in [-0.25, -0.2) is 4.39 Å². The molecule has 3 aromatic rings. The van der Waals surface area contributed by atoms with E-state index in [9.17, 15) is 14.0 Å². The van der Waals surface area contributed by atoms with Gasteiger partial charge in [-0.3, -0.25) is 9.59 Å². The minimum atomic E-state index is -0.774. The molecule has 1 N–H and O–H groups in total. The van der Waals surface area contributed by atoms with E-state index in [4.69, 9.17) is 11.6 Å². The summed E-state index contributed by atoms with van der Waals surface area (Å²) in [7, 11) is 0. The van der Waals surface area contributed by atoms with E-state index in [1.807, 2.05) is 36.4 Å². The van der Waals surface area contributed by atoms with E-state index in [0.29, 0.717) is 17.0 Å². The van der Waals surface area contributed by atoms with Crippen LogP contribution in [0.2, 0.25) is 5.02 Å². The lowest BCUT2D eigenvalue weighted by Crippen LogP contribution is -2.52. The van der Waals surface area contributed by atoms with E-state index >= 15 is 0 Å². The first-order valence-electron chi connectivity index (χ1n) is 12.1. The van der Waals surface area contributed by atoms with E-state index in [1.165, 1.54) is 11.0 Å². The highest BCUT2D eigenvalue weighted by molar-refractivity contribution is 6.30. The normalized spacial score (nSPS) is 14.5. The Morgan fingerprint density at radius 2 is 1.63 bits per heavy atom. The fraction of sp³-hybridized carbons (Fsp3) is 0.310. The first-order valence-corrected chi connectivity index (χ1v) is 12.5. The third-order valence-electron chi connectivity index (χ3n) is 6.52. The number of rotatable bonds is 9. The van der Waals surface area contributed by atoms with Crippen LogP contribution >= 0.6 is 11.6 Å². The van der Waals surface area contributed by atoms with Crippen LogP contribution in [0.25, 0.3) is 0 Å². The summed E-state index contributed by atoms with van der Waals surface area (Å²) in [5, 5.41) is 3.70. The Kier molecular flexibility index (Phi) is 8.54. The van der Waals surface area contributed by atoms with Crippen molar-refractivity contribution in [1.29, 1.82) is 0 Å². The van der Waals surface area contributed by atoms with Gasteiger partial charge in [0, 0.05) is 29.6 Å². The SMILES string of the molecule is O=C(NC1CCCC1)C(Cc1ccccc1)N(Cc1ccccc1F)C(=O)Cc1cccc(Cl)c1. The summed E-state index contributed by atoms with van der Waals surface area (Å²) >= 11 is 6.14. The van der Waals surface area contributed by atoms with E-state index in [1.54, 1.807) is 36.4 Å². The molecule has 0 bridgehead atoms. The average Bonchev–Trinajstić information content (AvgIpc) is 3.36. The lowest BCUT2D eigenvalue weighted by Gasteiger charge is -2.32. The lowest BCUT2D eigenvalue weighted by atomic mass is 10.0. The zero-order chi connectivity index (χ0) is 24.6. The molecule has 0 heterocycles. The predicted molar refractivity (Wildman–Crippen MR) is 136 cm³/mol. The van der Waals surface area contributed by atoms with Crippen LogP contribution in [0.1, 0.15) is 42.4 Å². The van der Waals surface area contributed by atoms with Crippen molar-refractivity contribution in [2.75, 3.05) is 0 Å². The third-order valence-corrected chi connectivity index (χ3v) is 6.75. The van der Waals surface area contributed by atoms with Crippen molar-refractivity contribution in [3.63, 3.8) is 0 Å². The van der Waals surface area contributed by atoms with Gasteiger partial charge in [0.2, 0.25) is 11.8 Å². The van der Waals surface area contributed by atoms with Crippen LogP contribution in [0.5, 0.6) is 0 Å². The predicted octanol–water partition coefficient (Wildman–Crippen LogP) is 5.72. The highest BCUT2D eigenvalue weighted by Gasteiger charge is 2.32. The van der Waals surface area contributed by atoms with Crippen LogP contribution in [0, 0.1) is 5.82 Å². The van der Waals surface area contributed by atoms with Gasteiger partial charge in [-0.05, 0) is 42.2 Å². The first-order chi connectivity index (χ1) is 17.0. The monoisotopic (exact) mass is 492 g/mol. The topological polar surface area (TPSA) is 49.4 Å². The summed E-state index contributed by atoms with van der Waals surface area (Å²) in [5.41, 5.74) is 2.06. The Labute approximate surface area is 211 Å². The van der Waals surface area contributed by atoms with Crippen LogP contribution in [0.15, 0.2) is 78.9 Å². The minimum absolute atomic E-state index is 0.00165. The molecule has 1 saturated carbocycles. The largest absolute Gasteiger partial charge is 0.352 e. The van der Waals surface area contributed by atoms with E-state index in [2.05, 4.69) is 5.32 Å². The molecule has 0 spiro atoms. The Morgan fingerprint density at radius 1 is 0.943 bits per heavy atom. The number of nitrogens with zero attached hydrogens (tertiary/aromatic N) is 1. The molecular weight excluding hydrogens is 463 g/mol. The Morgan fingerprint density at radius 3 is 2.34 bits per heavy atom. The smallest absolute Gasteiger partial charge is 0.243 e. The van der Waals surface area contributed by atoms with Crippen molar-refractivity contribution >= 4 is 23.4 Å². The van der Waals surface area contributed by atoms with Crippen LogP contribution in [0.4, 0.5) is 4.39 Å². The fourth-order valence-electron chi connectivity index (χ4n) is 4.65. The number of carbonyl (C=O) groups excluding carboxylic acids is 2. The number of nitrogens with one attached hydrogen (secondary N) is 1. The molecule has 1 fully saturated rings. The van der Waals surface area contributed by atoms with Crippen molar-refractivity contribution in [1.82, 2.24) is 10.2 Å². The molecule has 0 radical (unpaired) electrons. The number of hydrogen-bond acceptors (Lipinski definition) is 2. The molecule has 35 heavy (non-hydrogen) atoms. The van der Waals surface area contributed by atoms with Crippen molar-refractivity contribution in [2.24, 2.45) is 0 Å². The summed E-state index contributed by atoms with van der Waals surface area (Å²) in [5.74, 6) is -0.850. The van der Waals surface area contributed by atoms with Gasteiger partial charge < -0.3 is 10.2 Å². The van der Waals surface area contributed by atoms with Crippen molar-refractivity contribution in [3.8, 4) is 0 Å². The Balaban J connectivity index is 1.67. The summed E-state index contributed by atoms with van der Waals surface area (Å²) in [6.45, 7) is 0.00165. The van der Waals surface area contributed by atoms with Crippen LogP contribution in [-0.2, 0) is 29.0 Å². The molecule has 2 amide bonds. The van der Waals surface area contributed by atoms with E-state index in [0.717, 1.165) is 36.8 Å². The zero-order valence-electron chi connectivity index (χ0n) is 19.6. The number of amides is 2. The van der Waals surface area contributed by atoms with E-state index in [-0.39, 0.29) is 30.8 Å². The molecule has 0 aromatic heterocycles. The lowest BCUT2D eigenvalue weighted by molar-refractivity contribution is -0.141. The molecule has 0 aliphatic heterocycles. The first kappa shape index (κ1) is 24.9. The van der Waals surface area contributed by atoms with Gasteiger partial charge in [-0.2, -0.15) is 0 Å². The van der Waals surface area contributed by atoms with Crippen LogP contribution in [-0.4, -0.2) is 28.8 Å². The molecule has 1 unspecified atom stereocenters. The van der Waals surface area contributed by atoms with Gasteiger partial charge in [-0.15, -0.1) is 0 Å². The molecule has 6 heteroatoms. The number of halogens is 2. The molecule has 4 rings (SSSR count). The summed E-state index contributed by atoms with van der Waals surface area (Å²) < 4.78 is 14.7. The van der Waals surface area contributed by atoms with Crippen molar-refractivity contribution < 1.29 is 14.0 Å². The zero-order valence-corrected chi connectivity index (χ0v) is 20.4. The standard InChI is InChI=1S/C29H30ClFN2O2/c30-24-13-8-11-22(17-24)19-28(34)33(20-23-12-4-7-16-26(23)31)27(18-21-9-2-1-3-10-21)29(35)32-25-14-5-6-15-25/h1-4,7-13,16-17,25,27H,5-6,14-15,18-20H2,(H,32,35). The minimum Gasteiger partial charge on any atom is -0.352 e. The summed E-state index contributed by atoms with van der Waals surface area (Å²) in [6.07, 6.45) is 4.45. The fourth-order valence-corrected chi connectivity index (χ4v) is 4.87. The third kappa shape index (κ3) is 6.92. The molecule has 1 atom stereocenters. The molecule has 1 aliphatic carbocycles. The second kappa shape index (κ2) is 12.0. The molecule has 182 valence electrons. The van der Waals surface area contributed by atoms with Gasteiger partial charge in [0.15, 0.2) is 0 Å². The van der Waals surface area contributed by atoms with Gasteiger partial charge in [0.05, 0.1) is 6.42 Å². The van der Waals surface area contributed by atoms with Gasteiger partial charge in [-0.1, -0.05) is 85.1 Å². The van der Waals surface area contributed by atoms with Gasteiger partial charge >= 0.3 is 0 Å². The highest BCUT2D eigenvalue weighted by Crippen LogP contribution is 2.21. The second-order valence-electron chi connectivity index (χ2n) is 9.12. The molecule has 4 nitrogen and oxygen atoms in total. The maximum absolute atomic E-state index is 14.7. The van der Waals surface area contributed by atoms with Crippen LogP contribution in [0.3, 0.4) is 0 Å². The molecule has 1 aliphatic rings. The van der Waals surface area contributed by atoms with Crippen molar-refractivity contribution in [3.05, 3.63) is 106 Å². The number of carbonyl (C=O) groups is 2. The maximum atomic E-state index is 14.7. The molecule has 3 aromatic carbocycles. The van der Waals surface area contributed by atoms with Gasteiger partial charge in [0.25, 0.3) is 0 Å². The van der Waals surface area contributed by atoms with Crippen LogP contribution < -0.4 is 5.32 Å².